The minimum atomic E-state index is -0.396. The second kappa shape index (κ2) is 11.0. The smallest absolute Gasteiger partial charge is 0.306 e. The molecule has 2 aliphatic rings. The van der Waals surface area contributed by atoms with Crippen molar-refractivity contribution in [3.8, 4) is 0 Å². The van der Waals surface area contributed by atoms with Crippen LogP contribution in [0.3, 0.4) is 0 Å². The van der Waals surface area contributed by atoms with Gasteiger partial charge in [0.2, 0.25) is 5.91 Å². The van der Waals surface area contributed by atoms with Crippen LogP contribution in [0.1, 0.15) is 32.1 Å². The van der Waals surface area contributed by atoms with Crippen LogP contribution in [0.4, 0.5) is 11.4 Å². The molecule has 1 N–H and O–H groups in total. The highest BCUT2D eigenvalue weighted by atomic mass is 16.5. The van der Waals surface area contributed by atoms with Gasteiger partial charge >= 0.3 is 5.97 Å². The Labute approximate surface area is 177 Å². The standard InChI is InChI=1S/C22H31N3O5/c1-24(21(27)16-30-22(28)14-17-4-2-3-5-17)15-20(26)23-18-6-8-19(9-7-18)25-10-12-29-13-11-25/h6-9,17H,2-5,10-16H2,1H3,(H,23,26). The highest BCUT2D eigenvalue weighted by molar-refractivity contribution is 5.94. The van der Waals surface area contributed by atoms with Gasteiger partial charge in [-0.3, -0.25) is 14.4 Å². The maximum Gasteiger partial charge on any atom is 0.306 e. The summed E-state index contributed by atoms with van der Waals surface area (Å²) in [7, 11) is 1.52. The second-order valence-electron chi connectivity index (χ2n) is 7.96. The summed E-state index contributed by atoms with van der Waals surface area (Å²) in [6.45, 7) is 2.70. The van der Waals surface area contributed by atoms with Crippen LogP contribution < -0.4 is 10.2 Å². The number of morpholine rings is 1. The second-order valence-corrected chi connectivity index (χ2v) is 7.96. The molecule has 0 spiro atoms. The largest absolute Gasteiger partial charge is 0.456 e. The number of amides is 2. The number of ether oxygens (including phenoxy) is 2. The zero-order valence-corrected chi connectivity index (χ0v) is 17.6. The van der Waals surface area contributed by atoms with Crippen LogP contribution in [0, 0.1) is 5.92 Å². The van der Waals surface area contributed by atoms with Gasteiger partial charge in [-0.25, -0.2) is 0 Å². The SMILES string of the molecule is CN(CC(=O)Nc1ccc(N2CCOCC2)cc1)C(=O)COC(=O)CC1CCCC1. The van der Waals surface area contributed by atoms with Crippen molar-refractivity contribution in [2.45, 2.75) is 32.1 Å². The predicted octanol–water partition coefficient (Wildman–Crippen LogP) is 2.04. The first-order chi connectivity index (χ1) is 14.5. The van der Waals surface area contributed by atoms with Gasteiger partial charge in [0.25, 0.3) is 5.91 Å². The molecule has 0 bridgehead atoms. The molecule has 0 unspecified atom stereocenters. The zero-order valence-electron chi connectivity index (χ0n) is 17.6. The molecular formula is C22H31N3O5. The molecule has 2 fully saturated rings. The van der Waals surface area contributed by atoms with E-state index in [0.717, 1.165) is 57.7 Å². The molecular weight excluding hydrogens is 386 g/mol. The minimum Gasteiger partial charge on any atom is -0.456 e. The van der Waals surface area contributed by atoms with Crippen LogP contribution in [0.2, 0.25) is 0 Å². The Kier molecular flexibility index (Phi) is 8.07. The quantitative estimate of drug-likeness (QED) is 0.652. The van der Waals surface area contributed by atoms with E-state index in [9.17, 15) is 14.4 Å². The van der Waals surface area contributed by atoms with Crippen molar-refractivity contribution in [3.63, 3.8) is 0 Å². The first-order valence-electron chi connectivity index (χ1n) is 10.6. The van der Waals surface area contributed by atoms with E-state index in [0.29, 0.717) is 18.0 Å². The van der Waals surface area contributed by atoms with Crippen molar-refractivity contribution >= 4 is 29.2 Å². The van der Waals surface area contributed by atoms with E-state index >= 15 is 0 Å². The lowest BCUT2D eigenvalue weighted by molar-refractivity contribution is -0.152. The van der Waals surface area contributed by atoms with Crippen molar-refractivity contribution in [1.82, 2.24) is 4.90 Å². The lowest BCUT2D eigenvalue weighted by atomic mass is 10.1. The van der Waals surface area contributed by atoms with Crippen LogP contribution in [-0.2, 0) is 23.9 Å². The summed E-state index contributed by atoms with van der Waals surface area (Å²) in [5.41, 5.74) is 1.75. The van der Waals surface area contributed by atoms with Gasteiger partial charge in [0.1, 0.15) is 0 Å². The fourth-order valence-corrected chi connectivity index (χ4v) is 3.84. The van der Waals surface area contributed by atoms with Gasteiger partial charge in [0.05, 0.1) is 19.8 Å². The fraction of sp³-hybridized carbons (Fsp3) is 0.591. The molecule has 1 aromatic rings. The maximum atomic E-state index is 12.2. The normalized spacial score (nSPS) is 16.9. The molecule has 1 saturated heterocycles. The number of esters is 1. The van der Waals surface area contributed by atoms with E-state index in [4.69, 9.17) is 9.47 Å². The monoisotopic (exact) mass is 417 g/mol. The third-order valence-electron chi connectivity index (χ3n) is 5.62. The number of likely N-dealkylation sites (N-methyl/N-ethyl adjacent to an activating group) is 1. The molecule has 1 aliphatic heterocycles. The third-order valence-corrected chi connectivity index (χ3v) is 5.62. The van der Waals surface area contributed by atoms with Gasteiger partial charge in [0.15, 0.2) is 6.61 Å². The Hall–Kier alpha value is -2.61. The first kappa shape index (κ1) is 22.1. The van der Waals surface area contributed by atoms with Crippen molar-refractivity contribution in [2.24, 2.45) is 5.92 Å². The number of carbonyl (C=O) groups excluding carboxylic acids is 3. The molecule has 164 valence electrons. The van der Waals surface area contributed by atoms with Gasteiger partial charge < -0.3 is 24.6 Å². The van der Waals surface area contributed by atoms with Gasteiger partial charge in [0, 0.05) is 37.9 Å². The number of rotatable bonds is 8. The lowest BCUT2D eigenvalue weighted by Gasteiger charge is -2.28. The van der Waals surface area contributed by atoms with Crippen molar-refractivity contribution in [2.75, 3.05) is 56.7 Å². The summed E-state index contributed by atoms with van der Waals surface area (Å²) in [4.78, 5) is 39.7. The Morgan fingerprint density at radius 1 is 1.13 bits per heavy atom. The Morgan fingerprint density at radius 2 is 1.80 bits per heavy atom. The number of anilines is 2. The number of hydrogen-bond donors (Lipinski definition) is 1. The Morgan fingerprint density at radius 3 is 2.47 bits per heavy atom. The van der Waals surface area contributed by atoms with E-state index < -0.39 is 5.91 Å². The van der Waals surface area contributed by atoms with Crippen molar-refractivity contribution < 1.29 is 23.9 Å². The molecule has 0 radical (unpaired) electrons. The molecule has 1 heterocycles. The van der Waals surface area contributed by atoms with Crippen LogP contribution in [-0.4, -0.2) is 69.2 Å². The van der Waals surface area contributed by atoms with E-state index in [-0.39, 0.29) is 25.0 Å². The van der Waals surface area contributed by atoms with E-state index in [1.54, 1.807) is 0 Å². The van der Waals surface area contributed by atoms with E-state index in [2.05, 4.69) is 10.2 Å². The van der Waals surface area contributed by atoms with Gasteiger partial charge in [-0.2, -0.15) is 0 Å². The van der Waals surface area contributed by atoms with Crippen LogP contribution in [0.15, 0.2) is 24.3 Å². The maximum absolute atomic E-state index is 12.2. The molecule has 0 aromatic heterocycles. The first-order valence-corrected chi connectivity index (χ1v) is 10.6. The summed E-state index contributed by atoms with van der Waals surface area (Å²) in [6, 6.07) is 7.60. The average Bonchev–Trinajstić information content (AvgIpc) is 3.26. The highest BCUT2D eigenvalue weighted by Gasteiger charge is 2.21. The van der Waals surface area contributed by atoms with Crippen molar-refractivity contribution in [1.29, 1.82) is 0 Å². The Bertz CT molecular complexity index is 725. The topological polar surface area (TPSA) is 88.2 Å². The van der Waals surface area contributed by atoms with E-state index in [1.165, 1.54) is 11.9 Å². The molecule has 1 aromatic carbocycles. The molecule has 0 atom stereocenters. The number of nitrogens with zero attached hydrogens (tertiary/aromatic N) is 2. The van der Waals surface area contributed by atoms with Gasteiger partial charge in [-0.1, -0.05) is 12.8 Å². The van der Waals surface area contributed by atoms with Gasteiger partial charge in [-0.15, -0.1) is 0 Å². The predicted molar refractivity (Wildman–Crippen MR) is 113 cm³/mol. The fourth-order valence-electron chi connectivity index (χ4n) is 3.84. The summed E-state index contributed by atoms with van der Waals surface area (Å²) in [5.74, 6) is -0.658. The number of nitrogens with one attached hydrogen (secondary N) is 1. The van der Waals surface area contributed by atoms with E-state index in [1.807, 2.05) is 24.3 Å². The molecule has 2 amide bonds. The van der Waals surface area contributed by atoms with Gasteiger partial charge in [-0.05, 0) is 43.0 Å². The van der Waals surface area contributed by atoms with Crippen LogP contribution in [0.5, 0.6) is 0 Å². The highest BCUT2D eigenvalue weighted by Crippen LogP contribution is 2.27. The van der Waals surface area contributed by atoms with Crippen molar-refractivity contribution in [3.05, 3.63) is 24.3 Å². The molecule has 8 heteroatoms. The Balaban J connectivity index is 1.37. The van der Waals surface area contributed by atoms with Crippen LogP contribution >= 0.6 is 0 Å². The molecule has 30 heavy (non-hydrogen) atoms. The number of benzene rings is 1. The molecule has 1 aliphatic carbocycles. The molecule has 1 saturated carbocycles. The number of carbonyl (C=O) groups is 3. The summed E-state index contributed by atoms with van der Waals surface area (Å²) >= 11 is 0. The summed E-state index contributed by atoms with van der Waals surface area (Å²) < 4.78 is 10.4. The minimum absolute atomic E-state index is 0.107. The summed E-state index contributed by atoms with van der Waals surface area (Å²) in [6.07, 6.45) is 4.79. The van der Waals surface area contributed by atoms with Crippen LogP contribution in [0.25, 0.3) is 0 Å². The molecule has 3 rings (SSSR count). The molecule has 8 nitrogen and oxygen atoms in total. The lowest BCUT2D eigenvalue weighted by Crippen LogP contribution is -2.37. The average molecular weight is 418 g/mol. The summed E-state index contributed by atoms with van der Waals surface area (Å²) in [5, 5.41) is 2.79. The zero-order chi connectivity index (χ0) is 21.3. The number of hydrogen-bond acceptors (Lipinski definition) is 6. The third kappa shape index (κ3) is 6.73.